The summed E-state index contributed by atoms with van der Waals surface area (Å²) in [6.07, 6.45) is 3.72. The molecule has 3 atom stereocenters. The van der Waals surface area contributed by atoms with Gasteiger partial charge in [-0.2, -0.15) is 5.10 Å². The van der Waals surface area contributed by atoms with E-state index in [1.165, 1.54) is 16.8 Å². The molecule has 2 saturated heterocycles. The van der Waals surface area contributed by atoms with Crippen LogP contribution in [0.2, 0.25) is 0 Å². The molecule has 0 radical (unpaired) electrons. The molecule has 2 aliphatic heterocycles. The average Bonchev–Trinajstić information content (AvgIpc) is 3.02. The Kier molecular flexibility index (Phi) is 4.65. The molecule has 0 spiro atoms. The largest absolute Gasteiger partial charge is 0.335 e. The first-order valence-electron chi connectivity index (χ1n) is 10.5. The van der Waals surface area contributed by atoms with E-state index in [9.17, 15) is 14.0 Å². The maximum Gasteiger partial charge on any atom is 0.275 e. The summed E-state index contributed by atoms with van der Waals surface area (Å²) in [7, 11) is 0. The van der Waals surface area contributed by atoms with Gasteiger partial charge in [-0.15, -0.1) is 0 Å². The van der Waals surface area contributed by atoms with Crippen molar-refractivity contribution in [2.24, 2.45) is 0 Å². The Hall–Kier alpha value is -3.02. The van der Waals surface area contributed by atoms with Gasteiger partial charge in [0.05, 0.1) is 11.1 Å². The molecule has 3 aromatic rings. The second-order valence-corrected chi connectivity index (χ2v) is 8.50. The lowest BCUT2D eigenvalue weighted by atomic mass is 9.85. The van der Waals surface area contributed by atoms with Crippen LogP contribution in [-0.2, 0) is 11.3 Å². The van der Waals surface area contributed by atoms with Gasteiger partial charge in [-0.3, -0.25) is 9.59 Å². The molecule has 0 N–H and O–H groups in total. The fourth-order valence-electron chi connectivity index (χ4n) is 5.31. The first-order chi connectivity index (χ1) is 14.5. The van der Waals surface area contributed by atoms with Crippen LogP contribution < -0.4 is 5.56 Å². The molecule has 5 nitrogen and oxygen atoms in total. The van der Waals surface area contributed by atoms with Crippen molar-refractivity contribution in [3.05, 3.63) is 76.0 Å². The van der Waals surface area contributed by atoms with E-state index in [0.29, 0.717) is 11.3 Å². The Balaban J connectivity index is 1.37. The Morgan fingerprint density at radius 3 is 2.33 bits per heavy atom. The highest BCUT2D eigenvalue weighted by molar-refractivity contribution is 5.84. The van der Waals surface area contributed by atoms with Crippen molar-refractivity contribution in [1.29, 1.82) is 0 Å². The summed E-state index contributed by atoms with van der Waals surface area (Å²) in [5.41, 5.74) is 1.66. The van der Waals surface area contributed by atoms with Gasteiger partial charge in [-0.1, -0.05) is 30.3 Å². The van der Waals surface area contributed by atoms with Crippen LogP contribution in [0.5, 0.6) is 0 Å². The molecule has 2 fully saturated rings. The van der Waals surface area contributed by atoms with Gasteiger partial charge >= 0.3 is 0 Å². The lowest BCUT2D eigenvalue weighted by Crippen LogP contribution is -2.48. The van der Waals surface area contributed by atoms with Crippen LogP contribution in [0.25, 0.3) is 10.8 Å². The third kappa shape index (κ3) is 3.20. The number of nitrogens with zero attached hydrogens (tertiary/aromatic N) is 3. The summed E-state index contributed by atoms with van der Waals surface area (Å²) in [5.74, 6) is 0.0817. The van der Waals surface area contributed by atoms with Crippen molar-refractivity contribution in [3.8, 4) is 0 Å². The van der Waals surface area contributed by atoms with Crippen molar-refractivity contribution in [3.63, 3.8) is 0 Å². The number of fused-ring (bicyclic) bond motifs is 3. The SMILES string of the molecule is Cc1nn(CC(=O)N2[C@@H]3CC[C@H]2CC(c2ccc(F)cc2)C3)c(=O)c2ccccc12. The predicted octanol–water partition coefficient (Wildman–Crippen LogP) is 3.78. The van der Waals surface area contributed by atoms with Crippen LogP contribution in [-0.4, -0.2) is 32.7 Å². The maximum atomic E-state index is 13.3. The lowest BCUT2D eigenvalue weighted by Gasteiger charge is -2.39. The zero-order valence-corrected chi connectivity index (χ0v) is 16.9. The van der Waals surface area contributed by atoms with Crippen LogP contribution in [0.1, 0.15) is 42.9 Å². The number of aryl methyl sites for hydroxylation is 1. The molecule has 0 aliphatic carbocycles. The molecule has 0 saturated carbocycles. The monoisotopic (exact) mass is 405 g/mol. The van der Waals surface area contributed by atoms with Crippen molar-refractivity contribution in [1.82, 2.24) is 14.7 Å². The molecule has 2 bridgehead atoms. The normalized spacial score (nSPS) is 23.1. The van der Waals surface area contributed by atoms with Gasteiger partial charge in [0.15, 0.2) is 0 Å². The van der Waals surface area contributed by atoms with E-state index in [1.54, 1.807) is 6.07 Å². The first kappa shape index (κ1) is 19.0. The van der Waals surface area contributed by atoms with Gasteiger partial charge in [0.2, 0.25) is 5.91 Å². The van der Waals surface area contributed by atoms with Crippen LogP contribution in [0.3, 0.4) is 0 Å². The highest BCUT2D eigenvalue weighted by atomic mass is 19.1. The number of carbonyl (C=O) groups excluding carboxylic acids is 1. The highest BCUT2D eigenvalue weighted by Gasteiger charge is 2.43. The Morgan fingerprint density at radius 1 is 1.03 bits per heavy atom. The summed E-state index contributed by atoms with van der Waals surface area (Å²) >= 11 is 0. The topological polar surface area (TPSA) is 55.2 Å². The lowest BCUT2D eigenvalue weighted by molar-refractivity contribution is -0.136. The number of hydrogen-bond acceptors (Lipinski definition) is 3. The minimum absolute atomic E-state index is 0.0290. The summed E-state index contributed by atoms with van der Waals surface area (Å²) in [6, 6.07) is 14.5. The van der Waals surface area contributed by atoms with E-state index in [4.69, 9.17) is 0 Å². The van der Waals surface area contributed by atoms with E-state index in [2.05, 4.69) is 5.10 Å². The minimum atomic E-state index is -0.224. The maximum absolute atomic E-state index is 13.3. The minimum Gasteiger partial charge on any atom is -0.335 e. The highest BCUT2D eigenvalue weighted by Crippen LogP contribution is 2.43. The number of aromatic nitrogens is 2. The molecule has 5 rings (SSSR count). The number of halogens is 1. The fraction of sp³-hybridized carbons (Fsp3) is 0.375. The van der Waals surface area contributed by atoms with Crippen molar-refractivity contribution in [2.45, 2.75) is 57.2 Å². The van der Waals surface area contributed by atoms with Gasteiger partial charge in [0.1, 0.15) is 12.4 Å². The van der Waals surface area contributed by atoms with Crippen molar-refractivity contribution in [2.75, 3.05) is 0 Å². The molecule has 1 unspecified atom stereocenters. The third-order valence-electron chi connectivity index (χ3n) is 6.70. The van der Waals surface area contributed by atoms with Crippen LogP contribution in [0.4, 0.5) is 4.39 Å². The summed E-state index contributed by atoms with van der Waals surface area (Å²) < 4.78 is 14.6. The Bertz CT molecular complexity index is 1160. The molecule has 1 amide bonds. The van der Waals surface area contributed by atoms with E-state index < -0.39 is 0 Å². The average molecular weight is 405 g/mol. The fourth-order valence-corrected chi connectivity index (χ4v) is 5.31. The Labute approximate surface area is 174 Å². The summed E-state index contributed by atoms with van der Waals surface area (Å²) in [5, 5.41) is 5.82. The second kappa shape index (κ2) is 7.35. The van der Waals surface area contributed by atoms with Gasteiger partial charge in [-0.25, -0.2) is 9.07 Å². The summed E-state index contributed by atoms with van der Waals surface area (Å²) in [6.45, 7) is 1.83. The van der Waals surface area contributed by atoms with E-state index in [-0.39, 0.29) is 35.9 Å². The van der Waals surface area contributed by atoms with Crippen LogP contribution in [0.15, 0.2) is 53.3 Å². The van der Waals surface area contributed by atoms with Gasteiger partial charge in [-0.05, 0) is 62.3 Å². The summed E-state index contributed by atoms with van der Waals surface area (Å²) in [4.78, 5) is 28.0. The first-order valence-corrected chi connectivity index (χ1v) is 10.5. The zero-order chi connectivity index (χ0) is 20.8. The van der Waals surface area contributed by atoms with E-state index in [0.717, 1.165) is 42.3 Å². The number of carbonyl (C=O) groups is 1. The number of benzene rings is 2. The molecular formula is C24H24FN3O2. The number of rotatable bonds is 3. The van der Waals surface area contributed by atoms with Gasteiger partial charge in [0, 0.05) is 17.5 Å². The van der Waals surface area contributed by atoms with Crippen molar-refractivity contribution < 1.29 is 9.18 Å². The quantitative estimate of drug-likeness (QED) is 0.666. The molecule has 3 heterocycles. The smallest absolute Gasteiger partial charge is 0.275 e. The molecule has 30 heavy (non-hydrogen) atoms. The Morgan fingerprint density at radius 2 is 1.67 bits per heavy atom. The predicted molar refractivity (Wildman–Crippen MR) is 113 cm³/mol. The molecule has 2 aliphatic rings. The molecular weight excluding hydrogens is 381 g/mol. The third-order valence-corrected chi connectivity index (χ3v) is 6.70. The van der Waals surface area contributed by atoms with Crippen molar-refractivity contribution >= 4 is 16.7 Å². The second-order valence-electron chi connectivity index (χ2n) is 8.50. The molecule has 2 aromatic carbocycles. The molecule has 1 aromatic heterocycles. The van der Waals surface area contributed by atoms with E-state index in [1.807, 2.05) is 42.2 Å². The number of amides is 1. The zero-order valence-electron chi connectivity index (χ0n) is 16.9. The van der Waals surface area contributed by atoms with Crippen LogP contribution in [0, 0.1) is 12.7 Å². The molecule has 154 valence electrons. The number of piperidine rings is 1. The van der Waals surface area contributed by atoms with E-state index >= 15 is 0 Å². The van der Waals surface area contributed by atoms with Crippen LogP contribution >= 0.6 is 0 Å². The molecule has 6 heteroatoms. The van der Waals surface area contributed by atoms with Gasteiger partial charge in [0.25, 0.3) is 5.56 Å². The standard InChI is InChI=1S/C24H24FN3O2/c1-15-21-4-2-3-5-22(21)24(30)27(26-15)14-23(29)28-19-10-11-20(28)13-17(12-19)16-6-8-18(25)9-7-16/h2-9,17,19-20H,10-14H2,1H3/t17?,19-,20+. The van der Waals surface area contributed by atoms with Gasteiger partial charge < -0.3 is 4.90 Å². The number of hydrogen-bond donors (Lipinski definition) is 0.